The summed E-state index contributed by atoms with van der Waals surface area (Å²) in [6, 6.07) is 16.4. The van der Waals surface area contributed by atoms with Crippen LogP contribution >= 0.6 is 11.6 Å². The van der Waals surface area contributed by atoms with Crippen molar-refractivity contribution in [2.24, 2.45) is 0 Å². The molecule has 3 amide bonds. The molecule has 0 aliphatic carbocycles. The molecule has 4 rings (SSSR count). The third kappa shape index (κ3) is 4.84. The van der Waals surface area contributed by atoms with E-state index in [9.17, 15) is 14.4 Å². The van der Waals surface area contributed by atoms with Crippen LogP contribution in [-0.4, -0.2) is 35.2 Å². The summed E-state index contributed by atoms with van der Waals surface area (Å²) in [7, 11) is 0. The summed E-state index contributed by atoms with van der Waals surface area (Å²) in [5.74, 6) is -0.183. The highest BCUT2D eigenvalue weighted by Crippen LogP contribution is 2.23. The third-order valence-corrected chi connectivity index (χ3v) is 5.65. The number of nitrogens with zero attached hydrogens (tertiary/aromatic N) is 1. The van der Waals surface area contributed by atoms with Crippen molar-refractivity contribution in [2.75, 3.05) is 11.9 Å². The minimum Gasteiger partial charge on any atom is -0.467 e. The van der Waals surface area contributed by atoms with Crippen molar-refractivity contribution in [3.05, 3.63) is 88.8 Å². The number of furan rings is 1. The van der Waals surface area contributed by atoms with Crippen molar-refractivity contribution in [1.82, 2.24) is 10.2 Å². The van der Waals surface area contributed by atoms with Gasteiger partial charge in [-0.15, -0.1) is 0 Å². The van der Waals surface area contributed by atoms with Crippen LogP contribution in [-0.2, 0) is 11.3 Å². The maximum atomic E-state index is 13.2. The first-order valence-corrected chi connectivity index (χ1v) is 10.7. The number of rotatable bonds is 6. The van der Waals surface area contributed by atoms with Crippen LogP contribution in [0.3, 0.4) is 0 Å². The lowest BCUT2D eigenvalue weighted by Crippen LogP contribution is -2.45. The molecule has 1 fully saturated rings. The standard InChI is InChI=1S/C24H22ClN3O4/c25-20-10-2-1-9-19(20)22(29)27-17-7-3-6-16(14-17)24(31)28-12-4-11-21(28)23(30)26-15-18-8-5-13-32-18/h1-3,5-10,13-14,21H,4,11-12,15H2,(H,26,30)(H,27,29). The Morgan fingerprint density at radius 1 is 1.06 bits per heavy atom. The van der Waals surface area contributed by atoms with Gasteiger partial charge in [-0.2, -0.15) is 0 Å². The number of amides is 3. The first kappa shape index (κ1) is 21.6. The minimum atomic E-state index is -0.543. The Labute approximate surface area is 190 Å². The number of anilines is 1. The summed E-state index contributed by atoms with van der Waals surface area (Å²) in [5.41, 5.74) is 1.21. The van der Waals surface area contributed by atoms with E-state index in [1.54, 1.807) is 71.8 Å². The monoisotopic (exact) mass is 451 g/mol. The van der Waals surface area contributed by atoms with Crippen LogP contribution in [0.5, 0.6) is 0 Å². The third-order valence-electron chi connectivity index (χ3n) is 5.32. The SMILES string of the molecule is O=C(Nc1cccc(C(=O)N2CCCC2C(=O)NCc2ccco2)c1)c1ccccc1Cl. The molecular formula is C24H22ClN3O4. The van der Waals surface area contributed by atoms with E-state index in [-0.39, 0.29) is 24.3 Å². The molecule has 2 heterocycles. The van der Waals surface area contributed by atoms with E-state index >= 15 is 0 Å². The molecule has 164 valence electrons. The van der Waals surface area contributed by atoms with Crippen LogP contribution in [0.4, 0.5) is 5.69 Å². The number of hydrogen-bond donors (Lipinski definition) is 2. The molecule has 7 nitrogen and oxygen atoms in total. The van der Waals surface area contributed by atoms with Crippen LogP contribution in [0.15, 0.2) is 71.3 Å². The summed E-state index contributed by atoms with van der Waals surface area (Å²) < 4.78 is 5.24. The van der Waals surface area contributed by atoms with Crippen LogP contribution < -0.4 is 10.6 Å². The van der Waals surface area contributed by atoms with Gasteiger partial charge in [0.1, 0.15) is 11.8 Å². The molecule has 1 saturated heterocycles. The second-order valence-electron chi connectivity index (χ2n) is 7.47. The Morgan fingerprint density at radius 2 is 1.91 bits per heavy atom. The van der Waals surface area contributed by atoms with Gasteiger partial charge in [0.15, 0.2) is 0 Å². The highest BCUT2D eigenvalue weighted by atomic mass is 35.5. The summed E-state index contributed by atoms with van der Waals surface area (Å²) in [5, 5.41) is 5.94. The molecule has 1 aliphatic heterocycles. The molecule has 0 bridgehead atoms. The molecular weight excluding hydrogens is 430 g/mol. The van der Waals surface area contributed by atoms with Crippen molar-refractivity contribution >= 4 is 35.0 Å². The summed E-state index contributed by atoms with van der Waals surface area (Å²) >= 11 is 6.09. The Morgan fingerprint density at radius 3 is 2.69 bits per heavy atom. The maximum absolute atomic E-state index is 13.2. The molecule has 32 heavy (non-hydrogen) atoms. The van der Waals surface area contributed by atoms with Crippen molar-refractivity contribution in [2.45, 2.75) is 25.4 Å². The van der Waals surface area contributed by atoms with Crippen molar-refractivity contribution in [3.63, 3.8) is 0 Å². The lowest BCUT2D eigenvalue weighted by atomic mass is 10.1. The number of benzene rings is 2. The van der Waals surface area contributed by atoms with Gasteiger partial charge in [-0.3, -0.25) is 14.4 Å². The van der Waals surface area contributed by atoms with E-state index in [0.717, 1.165) is 6.42 Å². The Balaban J connectivity index is 1.44. The number of halogens is 1. The zero-order valence-electron chi connectivity index (χ0n) is 17.2. The summed E-state index contributed by atoms with van der Waals surface area (Å²) in [6.45, 7) is 0.766. The Kier molecular flexibility index (Phi) is 6.56. The average molecular weight is 452 g/mol. The number of carbonyl (C=O) groups excluding carboxylic acids is 3. The van der Waals surface area contributed by atoms with Gasteiger partial charge in [-0.05, 0) is 55.3 Å². The zero-order valence-corrected chi connectivity index (χ0v) is 18.0. The predicted molar refractivity (Wildman–Crippen MR) is 120 cm³/mol. The van der Waals surface area contributed by atoms with Gasteiger partial charge in [0.05, 0.1) is 23.4 Å². The largest absolute Gasteiger partial charge is 0.467 e. The van der Waals surface area contributed by atoms with Gasteiger partial charge in [-0.25, -0.2) is 0 Å². The number of nitrogens with one attached hydrogen (secondary N) is 2. The fourth-order valence-corrected chi connectivity index (χ4v) is 3.95. The normalized spacial score (nSPS) is 15.4. The second kappa shape index (κ2) is 9.70. The van der Waals surface area contributed by atoms with Crippen LogP contribution in [0.1, 0.15) is 39.3 Å². The highest BCUT2D eigenvalue weighted by Gasteiger charge is 2.34. The van der Waals surface area contributed by atoms with E-state index in [0.29, 0.717) is 40.6 Å². The molecule has 2 aromatic carbocycles. The molecule has 0 spiro atoms. The predicted octanol–water partition coefficient (Wildman–Crippen LogP) is 4.11. The van der Waals surface area contributed by atoms with Gasteiger partial charge in [0, 0.05) is 17.8 Å². The van der Waals surface area contributed by atoms with Crippen LogP contribution in [0.25, 0.3) is 0 Å². The zero-order chi connectivity index (χ0) is 22.5. The van der Waals surface area contributed by atoms with E-state index in [2.05, 4.69) is 10.6 Å². The molecule has 2 N–H and O–H groups in total. The van der Waals surface area contributed by atoms with Crippen LogP contribution in [0, 0.1) is 0 Å². The van der Waals surface area contributed by atoms with Gasteiger partial charge in [-0.1, -0.05) is 29.8 Å². The topological polar surface area (TPSA) is 91.7 Å². The Bertz CT molecular complexity index is 1130. The first-order chi connectivity index (χ1) is 15.5. The summed E-state index contributed by atoms with van der Waals surface area (Å²) in [4.78, 5) is 39.9. The van der Waals surface area contributed by atoms with Gasteiger partial charge < -0.3 is 20.0 Å². The minimum absolute atomic E-state index is 0.213. The molecule has 1 atom stereocenters. The van der Waals surface area contributed by atoms with Gasteiger partial charge >= 0.3 is 0 Å². The second-order valence-corrected chi connectivity index (χ2v) is 7.88. The quantitative estimate of drug-likeness (QED) is 0.590. The van der Waals surface area contributed by atoms with Crippen molar-refractivity contribution in [1.29, 1.82) is 0 Å². The van der Waals surface area contributed by atoms with Crippen molar-refractivity contribution in [3.8, 4) is 0 Å². The molecule has 1 aromatic heterocycles. The average Bonchev–Trinajstić information content (AvgIpc) is 3.49. The van der Waals surface area contributed by atoms with E-state index in [1.165, 1.54) is 0 Å². The van der Waals surface area contributed by atoms with E-state index < -0.39 is 6.04 Å². The number of hydrogen-bond acceptors (Lipinski definition) is 4. The summed E-state index contributed by atoms with van der Waals surface area (Å²) in [6.07, 6.45) is 2.89. The molecule has 0 saturated carbocycles. The molecule has 8 heteroatoms. The fraction of sp³-hybridized carbons (Fsp3) is 0.208. The molecule has 1 unspecified atom stereocenters. The maximum Gasteiger partial charge on any atom is 0.257 e. The van der Waals surface area contributed by atoms with Gasteiger partial charge in [0.2, 0.25) is 5.91 Å². The highest BCUT2D eigenvalue weighted by molar-refractivity contribution is 6.34. The lowest BCUT2D eigenvalue weighted by molar-refractivity contribution is -0.125. The van der Waals surface area contributed by atoms with E-state index in [4.69, 9.17) is 16.0 Å². The smallest absolute Gasteiger partial charge is 0.257 e. The molecule has 0 radical (unpaired) electrons. The lowest BCUT2D eigenvalue weighted by Gasteiger charge is -2.24. The molecule has 3 aromatic rings. The first-order valence-electron chi connectivity index (χ1n) is 10.3. The van der Waals surface area contributed by atoms with E-state index in [1.807, 2.05) is 0 Å². The fourth-order valence-electron chi connectivity index (χ4n) is 3.73. The van der Waals surface area contributed by atoms with Crippen LogP contribution in [0.2, 0.25) is 5.02 Å². The number of carbonyl (C=O) groups is 3. The Hall–Kier alpha value is -3.58. The van der Waals surface area contributed by atoms with Gasteiger partial charge in [0.25, 0.3) is 11.8 Å². The number of likely N-dealkylation sites (tertiary alicyclic amines) is 1. The van der Waals surface area contributed by atoms with Crippen molar-refractivity contribution < 1.29 is 18.8 Å². The molecule has 1 aliphatic rings.